The van der Waals surface area contributed by atoms with E-state index in [0.29, 0.717) is 5.75 Å². The number of ether oxygens (including phenoxy) is 2. The van der Waals surface area contributed by atoms with Gasteiger partial charge in [0.05, 0.1) is 0 Å². The van der Waals surface area contributed by atoms with Gasteiger partial charge in [-0.05, 0) is 24.6 Å². The molecule has 0 spiro atoms. The summed E-state index contributed by atoms with van der Waals surface area (Å²) in [5, 5.41) is 0.170. The summed E-state index contributed by atoms with van der Waals surface area (Å²) in [5.74, 6) is -0.210. The SMILES string of the molecule is CC(=O)Oc1ccc(C(C)OC(=O)CBr)cc1. The largest absolute Gasteiger partial charge is 0.457 e. The minimum atomic E-state index is -0.364. The van der Waals surface area contributed by atoms with E-state index in [0.717, 1.165) is 5.56 Å². The van der Waals surface area contributed by atoms with Crippen molar-refractivity contribution < 1.29 is 19.1 Å². The number of hydrogen-bond donors (Lipinski definition) is 0. The second kappa shape index (κ2) is 6.39. The van der Waals surface area contributed by atoms with E-state index in [1.165, 1.54) is 6.92 Å². The second-order valence-electron chi connectivity index (χ2n) is 3.43. The molecule has 0 fully saturated rings. The van der Waals surface area contributed by atoms with Crippen LogP contribution in [-0.2, 0) is 14.3 Å². The second-order valence-corrected chi connectivity index (χ2v) is 3.99. The summed E-state index contributed by atoms with van der Waals surface area (Å²) in [4.78, 5) is 21.8. The Bertz CT molecular complexity index is 399. The van der Waals surface area contributed by atoms with Gasteiger partial charge in [-0.3, -0.25) is 9.59 Å². The molecular weight excluding hydrogens is 288 g/mol. The molecule has 0 N–H and O–H groups in total. The first kappa shape index (κ1) is 13.7. The van der Waals surface area contributed by atoms with E-state index in [1.54, 1.807) is 31.2 Å². The number of carbonyl (C=O) groups excluding carboxylic acids is 2. The monoisotopic (exact) mass is 300 g/mol. The fourth-order valence-electron chi connectivity index (χ4n) is 1.27. The number of benzene rings is 1. The maximum absolute atomic E-state index is 11.1. The Hall–Kier alpha value is -1.36. The molecule has 1 unspecified atom stereocenters. The van der Waals surface area contributed by atoms with Crippen LogP contribution in [0.15, 0.2) is 24.3 Å². The highest BCUT2D eigenvalue weighted by molar-refractivity contribution is 9.09. The zero-order valence-electron chi connectivity index (χ0n) is 9.60. The lowest BCUT2D eigenvalue weighted by atomic mass is 10.1. The van der Waals surface area contributed by atoms with Crippen molar-refractivity contribution in [1.29, 1.82) is 0 Å². The van der Waals surface area contributed by atoms with E-state index in [-0.39, 0.29) is 23.4 Å². The summed E-state index contributed by atoms with van der Waals surface area (Å²) in [6.07, 6.45) is -0.327. The number of alkyl halides is 1. The average Bonchev–Trinajstić information content (AvgIpc) is 2.28. The lowest BCUT2D eigenvalue weighted by Crippen LogP contribution is -2.09. The summed E-state index contributed by atoms with van der Waals surface area (Å²) in [7, 11) is 0. The van der Waals surface area contributed by atoms with E-state index in [9.17, 15) is 9.59 Å². The topological polar surface area (TPSA) is 52.6 Å². The predicted octanol–water partition coefficient (Wildman–Crippen LogP) is 2.61. The molecule has 5 heteroatoms. The highest BCUT2D eigenvalue weighted by Gasteiger charge is 2.10. The van der Waals surface area contributed by atoms with Gasteiger partial charge in [0, 0.05) is 6.92 Å². The van der Waals surface area contributed by atoms with Crippen LogP contribution in [0.5, 0.6) is 5.75 Å². The van der Waals surface area contributed by atoms with Crippen molar-refractivity contribution in [3.05, 3.63) is 29.8 Å². The quantitative estimate of drug-likeness (QED) is 0.487. The summed E-state index contributed by atoms with van der Waals surface area (Å²) in [6.45, 7) is 3.12. The number of carbonyl (C=O) groups is 2. The van der Waals surface area contributed by atoms with Gasteiger partial charge in [-0.15, -0.1) is 0 Å². The predicted molar refractivity (Wildman–Crippen MR) is 66.1 cm³/mol. The molecular formula is C12H13BrO4. The van der Waals surface area contributed by atoms with Gasteiger partial charge in [0.1, 0.15) is 17.2 Å². The van der Waals surface area contributed by atoms with Crippen LogP contribution in [0, 0.1) is 0 Å². The Kier molecular flexibility index (Phi) is 5.15. The fraction of sp³-hybridized carbons (Fsp3) is 0.333. The van der Waals surface area contributed by atoms with Crippen molar-refractivity contribution in [3.63, 3.8) is 0 Å². The van der Waals surface area contributed by atoms with Crippen molar-refractivity contribution >= 4 is 27.9 Å². The average molecular weight is 301 g/mol. The van der Waals surface area contributed by atoms with E-state index in [2.05, 4.69) is 15.9 Å². The van der Waals surface area contributed by atoms with E-state index in [4.69, 9.17) is 9.47 Å². The molecule has 1 rings (SSSR count). The molecule has 17 heavy (non-hydrogen) atoms. The zero-order chi connectivity index (χ0) is 12.8. The minimum Gasteiger partial charge on any atom is -0.457 e. The first-order valence-corrected chi connectivity index (χ1v) is 6.19. The third-order valence-corrected chi connectivity index (χ3v) is 2.49. The smallest absolute Gasteiger partial charge is 0.317 e. The van der Waals surface area contributed by atoms with Crippen molar-refractivity contribution in [2.45, 2.75) is 20.0 Å². The van der Waals surface area contributed by atoms with Gasteiger partial charge in [0.25, 0.3) is 0 Å². The number of hydrogen-bond acceptors (Lipinski definition) is 4. The summed E-state index contributed by atoms with van der Waals surface area (Å²) < 4.78 is 10.0. The fourth-order valence-corrected chi connectivity index (χ4v) is 1.40. The molecule has 1 atom stereocenters. The molecule has 0 saturated heterocycles. The van der Waals surface area contributed by atoms with Crippen LogP contribution in [0.1, 0.15) is 25.5 Å². The molecule has 0 bridgehead atoms. The molecule has 92 valence electrons. The van der Waals surface area contributed by atoms with E-state index >= 15 is 0 Å². The molecule has 0 aromatic heterocycles. The van der Waals surface area contributed by atoms with Gasteiger partial charge < -0.3 is 9.47 Å². The molecule has 1 aromatic carbocycles. The van der Waals surface area contributed by atoms with Crippen LogP contribution < -0.4 is 4.74 Å². The van der Waals surface area contributed by atoms with Gasteiger partial charge in [0.15, 0.2) is 0 Å². The minimum absolute atomic E-state index is 0.170. The summed E-state index contributed by atoms with van der Waals surface area (Å²) in [5.41, 5.74) is 0.843. The summed E-state index contributed by atoms with van der Waals surface area (Å²) in [6, 6.07) is 6.83. The van der Waals surface area contributed by atoms with Crippen LogP contribution in [-0.4, -0.2) is 17.3 Å². The van der Waals surface area contributed by atoms with Crippen molar-refractivity contribution in [2.75, 3.05) is 5.33 Å². The highest BCUT2D eigenvalue weighted by Crippen LogP contribution is 2.20. The molecule has 1 aromatic rings. The van der Waals surface area contributed by atoms with Gasteiger partial charge in [0.2, 0.25) is 0 Å². The number of rotatable bonds is 4. The Balaban J connectivity index is 2.66. The van der Waals surface area contributed by atoms with Gasteiger partial charge in [-0.1, -0.05) is 28.1 Å². The molecule has 0 aliphatic carbocycles. The lowest BCUT2D eigenvalue weighted by Gasteiger charge is -2.13. The first-order chi connectivity index (χ1) is 8.02. The van der Waals surface area contributed by atoms with Crippen LogP contribution >= 0.6 is 15.9 Å². The first-order valence-electron chi connectivity index (χ1n) is 5.06. The standard InChI is InChI=1S/C12H13BrO4/c1-8(16-12(15)7-13)10-3-5-11(6-4-10)17-9(2)14/h3-6,8H,7H2,1-2H3. The van der Waals surface area contributed by atoms with Crippen LogP contribution in [0.4, 0.5) is 0 Å². The molecule has 0 saturated carbocycles. The maximum atomic E-state index is 11.1. The van der Waals surface area contributed by atoms with Crippen LogP contribution in [0.25, 0.3) is 0 Å². The summed E-state index contributed by atoms with van der Waals surface area (Å²) >= 11 is 3.02. The number of halogens is 1. The Labute approximate surface area is 108 Å². The van der Waals surface area contributed by atoms with Crippen molar-refractivity contribution in [2.24, 2.45) is 0 Å². The molecule has 4 nitrogen and oxygen atoms in total. The van der Waals surface area contributed by atoms with Crippen molar-refractivity contribution in [3.8, 4) is 5.75 Å². The van der Waals surface area contributed by atoms with Crippen LogP contribution in [0.3, 0.4) is 0 Å². The van der Waals surface area contributed by atoms with E-state index in [1.807, 2.05) is 0 Å². The van der Waals surface area contributed by atoms with Gasteiger partial charge >= 0.3 is 11.9 Å². The molecule has 0 aliphatic rings. The third-order valence-electron chi connectivity index (χ3n) is 2.03. The zero-order valence-corrected chi connectivity index (χ0v) is 11.2. The maximum Gasteiger partial charge on any atom is 0.317 e. The number of esters is 2. The van der Waals surface area contributed by atoms with E-state index < -0.39 is 0 Å². The van der Waals surface area contributed by atoms with Gasteiger partial charge in [-0.25, -0.2) is 0 Å². The Morgan fingerprint density at radius 3 is 2.35 bits per heavy atom. The normalized spacial score (nSPS) is 11.7. The Morgan fingerprint density at radius 1 is 1.29 bits per heavy atom. The molecule has 0 radical (unpaired) electrons. The molecule has 0 aliphatic heterocycles. The van der Waals surface area contributed by atoms with Gasteiger partial charge in [-0.2, -0.15) is 0 Å². The Morgan fingerprint density at radius 2 is 1.88 bits per heavy atom. The van der Waals surface area contributed by atoms with Crippen LogP contribution in [0.2, 0.25) is 0 Å². The third kappa shape index (κ3) is 4.56. The lowest BCUT2D eigenvalue weighted by molar-refractivity contribution is -0.145. The van der Waals surface area contributed by atoms with Crippen molar-refractivity contribution in [1.82, 2.24) is 0 Å². The molecule has 0 amide bonds. The molecule has 0 heterocycles. The highest BCUT2D eigenvalue weighted by atomic mass is 79.9.